The molecule has 0 aliphatic carbocycles. The van der Waals surface area contributed by atoms with Gasteiger partial charge in [-0.1, -0.05) is 10.3 Å². The van der Waals surface area contributed by atoms with E-state index in [2.05, 4.69) is 20.3 Å². The van der Waals surface area contributed by atoms with Gasteiger partial charge in [0.25, 0.3) is 5.89 Å². The Morgan fingerprint density at radius 1 is 1.19 bits per heavy atom. The van der Waals surface area contributed by atoms with Gasteiger partial charge in [-0.05, 0) is 6.92 Å². The van der Waals surface area contributed by atoms with Crippen LogP contribution in [0.1, 0.15) is 36.5 Å². The van der Waals surface area contributed by atoms with Crippen LogP contribution >= 0.6 is 0 Å². The van der Waals surface area contributed by atoms with Crippen molar-refractivity contribution in [3.8, 4) is 0 Å². The molecule has 7 heteroatoms. The Balaban J connectivity index is 2.08. The normalized spacial score (nSPS) is 12.9. The van der Waals surface area contributed by atoms with E-state index in [-0.39, 0.29) is 6.10 Å². The van der Waals surface area contributed by atoms with Crippen LogP contribution in [0.5, 0.6) is 0 Å². The molecular weight excluding hydrogens is 212 g/mol. The molecule has 1 atom stereocenters. The summed E-state index contributed by atoms with van der Waals surface area (Å²) in [6.07, 6.45) is 0.172. The first-order chi connectivity index (χ1) is 7.69. The molecule has 0 radical (unpaired) electrons. The Morgan fingerprint density at radius 3 is 2.50 bits per heavy atom. The van der Waals surface area contributed by atoms with E-state index < -0.39 is 0 Å². The first kappa shape index (κ1) is 10.7. The van der Waals surface area contributed by atoms with Crippen LogP contribution in [0.25, 0.3) is 0 Å². The van der Waals surface area contributed by atoms with Crippen LogP contribution in [0.2, 0.25) is 0 Å². The zero-order valence-corrected chi connectivity index (χ0v) is 9.30. The fraction of sp³-hybridized carbons (Fsp3) is 0.556. The standard InChI is InChI=1S/C9H12N4O3/c1-5(14-3)9-11-8(13-16-9)4-7-10-6(2)15-12-7/h5H,4H2,1-3H3. The van der Waals surface area contributed by atoms with E-state index >= 15 is 0 Å². The summed E-state index contributed by atoms with van der Waals surface area (Å²) in [6, 6.07) is 0. The van der Waals surface area contributed by atoms with Crippen LogP contribution in [0.4, 0.5) is 0 Å². The lowest BCUT2D eigenvalue weighted by atomic mass is 10.4. The smallest absolute Gasteiger partial charge is 0.255 e. The van der Waals surface area contributed by atoms with Gasteiger partial charge < -0.3 is 13.8 Å². The van der Waals surface area contributed by atoms with Crippen LogP contribution in [0.3, 0.4) is 0 Å². The lowest BCUT2D eigenvalue weighted by Gasteiger charge is -2.00. The minimum absolute atomic E-state index is 0.215. The molecule has 2 aromatic rings. The van der Waals surface area contributed by atoms with E-state index in [4.69, 9.17) is 13.8 Å². The van der Waals surface area contributed by atoms with Gasteiger partial charge in [-0.15, -0.1) is 0 Å². The zero-order valence-electron chi connectivity index (χ0n) is 9.30. The van der Waals surface area contributed by atoms with E-state index in [9.17, 15) is 0 Å². The molecular formula is C9H12N4O3. The van der Waals surface area contributed by atoms with Gasteiger partial charge in [-0.25, -0.2) is 0 Å². The Hall–Kier alpha value is -1.76. The van der Waals surface area contributed by atoms with Crippen LogP contribution in [-0.2, 0) is 11.2 Å². The second kappa shape index (κ2) is 4.40. The Labute approximate surface area is 91.8 Å². The molecule has 0 aliphatic rings. The number of nitrogens with zero attached hydrogens (tertiary/aromatic N) is 4. The van der Waals surface area contributed by atoms with Crippen molar-refractivity contribution in [3.63, 3.8) is 0 Å². The topological polar surface area (TPSA) is 87.1 Å². The SMILES string of the molecule is COC(C)c1nc(Cc2noc(C)n2)no1. The van der Waals surface area contributed by atoms with Crippen LogP contribution in [0, 0.1) is 6.92 Å². The molecule has 2 rings (SSSR count). The third-order valence-electron chi connectivity index (χ3n) is 2.07. The van der Waals surface area contributed by atoms with Crippen molar-refractivity contribution in [2.24, 2.45) is 0 Å². The summed E-state index contributed by atoms with van der Waals surface area (Å²) < 4.78 is 14.9. The molecule has 1 unspecified atom stereocenters. The third kappa shape index (κ3) is 2.25. The van der Waals surface area contributed by atoms with Gasteiger partial charge in [-0.2, -0.15) is 9.97 Å². The third-order valence-corrected chi connectivity index (χ3v) is 2.07. The van der Waals surface area contributed by atoms with E-state index in [0.29, 0.717) is 29.9 Å². The quantitative estimate of drug-likeness (QED) is 0.767. The van der Waals surface area contributed by atoms with Crippen LogP contribution < -0.4 is 0 Å². The van der Waals surface area contributed by atoms with Gasteiger partial charge in [-0.3, -0.25) is 0 Å². The molecule has 0 amide bonds. The van der Waals surface area contributed by atoms with Gasteiger partial charge in [0.1, 0.15) is 6.10 Å². The van der Waals surface area contributed by atoms with Gasteiger partial charge in [0.15, 0.2) is 11.6 Å². The maximum Gasteiger partial charge on any atom is 0.255 e. The first-order valence-electron chi connectivity index (χ1n) is 4.83. The first-order valence-corrected chi connectivity index (χ1v) is 4.83. The predicted molar refractivity (Wildman–Crippen MR) is 51.6 cm³/mol. The van der Waals surface area contributed by atoms with Crippen LogP contribution in [0.15, 0.2) is 9.05 Å². The maximum absolute atomic E-state index is 5.06. The molecule has 86 valence electrons. The second-order valence-electron chi connectivity index (χ2n) is 3.33. The van der Waals surface area contributed by atoms with E-state index in [0.717, 1.165) is 0 Å². The lowest BCUT2D eigenvalue weighted by molar-refractivity contribution is 0.0886. The molecule has 2 heterocycles. The van der Waals surface area contributed by atoms with E-state index in [1.165, 1.54) is 0 Å². The fourth-order valence-corrected chi connectivity index (χ4v) is 1.16. The van der Waals surface area contributed by atoms with Crippen LogP contribution in [-0.4, -0.2) is 27.4 Å². The molecule has 0 aliphatic heterocycles. The highest BCUT2D eigenvalue weighted by molar-refractivity contribution is 4.98. The number of rotatable bonds is 4. The maximum atomic E-state index is 5.06. The Kier molecular flexibility index (Phi) is 2.95. The second-order valence-corrected chi connectivity index (χ2v) is 3.33. The number of aromatic nitrogens is 4. The molecule has 0 saturated carbocycles. The summed E-state index contributed by atoms with van der Waals surface area (Å²) in [6.45, 7) is 3.56. The van der Waals surface area contributed by atoms with Crippen molar-refractivity contribution < 1.29 is 13.8 Å². The van der Waals surface area contributed by atoms with Crippen molar-refractivity contribution in [1.82, 2.24) is 20.3 Å². The summed E-state index contributed by atoms with van der Waals surface area (Å²) in [4.78, 5) is 8.21. The van der Waals surface area contributed by atoms with Crippen molar-refractivity contribution in [2.45, 2.75) is 26.4 Å². The molecule has 0 bridgehead atoms. The molecule has 0 N–H and O–H groups in total. The van der Waals surface area contributed by atoms with E-state index in [1.807, 2.05) is 6.92 Å². The van der Waals surface area contributed by atoms with Crippen molar-refractivity contribution in [2.75, 3.05) is 7.11 Å². The summed E-state index contributed by atoms with van der Waals surface area (Å²) in [5.41, 5.74) is 0. The molecule has 16 heavy (non-hydrogen) atoms. The zero-order chi connectivity index (χ0) is 11.5. The molecule has 0 fully saturated rings. The monoisotopic (exact) mass is 224 g/mol. The highest BCUT2D eigenvalue weighted by Gasteiger charge is 2.15. The number of aryl methyl sites for hydroxylation is 1. The average Bonchev–Trinajstić information content (AvgIpc) is 2.87. The fourth-order valence-electron chi connectivity index (χ4n) is 1.16. The highest BCUT2D eigenvalue weighted by atomic mass is 16.5. The largest absolute Gasteiger partial charge is 0.372 e. The Bertz CT molecular complexity index is 465. The number of ether oxygens (including phenoxy) is 1. The summed E-state index contributed by atoms with van der Waals surface area (Å²) >= 11 is 0. The van der Waals surface area contributed by atoms with Gasteiger partial charge in [0, 0.05) is 14.0 Å². The number of hydrogen-bond acceptors (Lipinski definition) is 7. The van der Waals surface area contributed by atoms with Gasteiger partial charge in [0.2, 0.25) is 5.89 Å². The average molecular weight is 224 g/mol. The predicted octanol–water partition coefficient (Wildman–Crippen LogP) is 1.06. The van der Waals surface area contributed by atoms with Crippen molar-refractivity contribution >= 4 is 0 Å². The molecule has 0 saturated heterocycles. The van der Waals surface area contributed by atoms with Crippen molar-refractivity contribution in [1.29, 1.82) is 0 Å². The summed E-state index contributed by atoms with van der Waals surface area (Å²) in [7, 11) is 1.58. The molecule has 2 aromatic heterocycles. The lowest BCUT2D eigenvalue weighted by Crippen LogP contribution is -1.97. The summed E-state index contributed by atoms with van der Waals surface area (Å²) in [5, 5.41) is 7.55. The van der Waals surface area contributed by atoms with E-state index in [1.54, 1.807) is 14.0 Å². The highest BCUT2D eigenvalue weighted by Crippen LogP contribution is 2.13. The number of methoxy groups -OCH3 is 1. The van der Waals surface area contributed by atoms with Gasteiger partial charge >= 0.3 is 0 Å². The molecule has 7 nitrogen and oxygen atoms in total. The molecule has 0 spiro atoms. The summed E-state index contributed by atoms with van der Waals surface area (Å²) in [5.74, 6) is 2.01. The van der Waals surface area contributed by atoms with Crippen molar-refractivity contribution in [3.05, 3.63) is 23.4 Å². The number of hydrogen-bond donors (Lipinski definition) is 0. The molecule has 0 aromatic carbocycles. The van der Waals surface area contributed by atoms with Gasteiger partial charge in [0.05, 0.1) is 6.42 Å². The minimum atomic E-state index is -0.215. The minimum Gasteiger partial charge on any atom is -0.372 e. The Morgan fingerprint density at radius 2 is 1.88 bits per heavy atom.